The molecule has 0 atom stereocenters. The summed E-state index contributed by atoms with van der Waals surface area (Å²) in [5, 5.41) is 5.76. The van der Waals surface area contributed by atoms with Gasteiger partial charge in [0.15, 0.2) is 0 Å². The molecule has 0 aliphatic heterocycles. The summed E-state index contributed by atoms with van der Waals surface area (Å²) >= 11 is 0. The van der Waals surface area contributed by atoms with Crippen LogP contribution in [0.3, 0.4) is 0 Å². The Hall–Kier alpha value is -3.74. The molecule has 0 radical (unpaired) electrons. The monoisotopic (exact) mass is 379 g/mol. The fraction of sp³-hybridized carbons (Fsp3) is 0.0952. The number of amides is 1. The van der Waals surface area contributed by atoms with Crippen LogP contribution in [-0.4, -0.2) is 23.5 Å². The lowest BCUT2D eigenvalue weighted by atomic mass is 10.1. The van der Waals surface area contributed by atoms with Crippen molar-refractivity contribution in [1.29, 1.82) is 0 Å². The van der Waals surface area contributed by atoms with E-state index in [0.29, 0.717) is 22.6 Å². The van der Waals surface area contributed by atoms with Gasteiger partial charge in [0.25, 0.3) is 5.91 Å². The van der Waals surface area contributed by atoms with Crippen LogP contribution in [0.4, 0.5) is 21.5 Å². The molecule has 2 N–H and O–H groups in total. The van der Waals surface area contributed by atoms with Gasteiger partial charge in [-0.2, -0.15) is 0 Å². The predicted molar refractivity (Wildman–Crippen MR) is 104 cm³/mol. The van der Waals surface area contributed by atoms with Crippen LogP contribution in [0.1, 0.15) is 27.6 Å². The third-order valence-electron chi connectivity index (χ3n) is 3.80. The van der Waals surface area contributed by atoms with Crippen molar-refractivity contribution in [3.63, 3.8) is 0 Å². The normalized spacial score (nSPS) is 10.2. The van der Waals surface area contributed by atoms with Crippen molar-refractivity contribution in [2.75, 3.05) is 17.2 Å². The molecule has 0 fully saturated rings. The van der Waals surface area contributed by atoms with E-state index in [0.717, 1.165) is 0 Å². The maximum absolute atomic E-state index is 13.0. The van der Waals surface area contributed by atoms with Crippen LogP contribution in [0, 0.1) is 5.82 Å². The van der Waals surface area contributed by atoms with Gasteiger partial charge in [-0.1, -0.05) is 12.1 Å². The zero-order valence-corrected chi connectivity index (χ0v) is 15.1. The van der Waals surface area contributed by atoms with E-state index in [1.54, 1.807) is 55.6 Å². The molecule has 0 spiro atoms. The number of nitrogens with one attached hydrogen (secondary N) is 2. The first-order valence-corrected chi connectivity index (χ1v) is 8.62. The number of halogens is 1. The van der Waals surface area contributed by atoms with Crippen molar-refractivity contribution in [3.05, 3.63) is 83.9 Å². The molecule has 1 heterocycles. The van der Waals surface area contributed by atoms with Crippen LogP contribution in [-0.2, 0) is 4.74 Å². The van der Waals surface area contributed by atoms with Gasteiger partial charge in [-0.3, -0.25) is 9.78 Å². The minimum atomic E-state index is -0.511. The molecule has 6 nitrogen and oxygen atoms in total. The first-order chi connectivity index (χ1) is 13.6. The van der Waals surface area contributed by atoms with Crippen molar-refractivity contribution in [2.24, 2.45) is 0 Å². The number of ether oxygens (including phenoxy) is 1. The number of benzene rings is 2. The van der Waals surface area contributed by atoms with Gasteiger partial charge >= 0.3 is 5.97 Å². The quantitative estimate of drug-likeness (QED) is 0.621. The van der Waals surface area contributed by atoms with Crippen LogP contribution in [0.2, 0.25) is 0 Å². The standard InChI is InChI=1S/C21H18FN3O3/c1-2-28-21(27)18-5-3-4-6-19(18)25-20(26)14-11-17(13-23-12-14)24-16-9-7-15(22)8-10-16/h3-13,24H,2H2,1H3,(H,25,26). The van der Waals surface area contributed by atoms with Crippen LogP contribution in [0.5, 0.6) is 0 Å². The summed E-state index contributed by atoms with van der Waals surface area (Å²) in [5.74, 6) is -1.27. The highest BCUT2D eigenvalue weighted by Crippen LogP contribution is 2.20. The van der Waals surface area contributed by atoms with Gasteiger partial charge < -0.3 is 15.4 Å². The summed E-state index contributed by atoms with van der Waals surface area (Å²) in [4.78, 5) is 28.7. The van der Waals surface area contributed by atoms with Crippen LogP contribution >= 0.6 is 0 Å². The largest absolute Gasteiger partial charge is 0.462 e. The van der Waals surface area contributed by atoms with E-state index in [-0.39, 0.29) is 18.0 Å². The van der Waals surface area contributed by atoms with Gasteiger partial charge in [0, 0.05) is 11.9 Å². The fourth-order valence-electron chi connectivity index (χ4n) is 2.51. The summed E-state index contributed by atoms with van der Waals surface area (Å²) in [6, 6.07) is 14.0. The number of hydrogen-bond acceptors (Lipinski definition) is 5. The van der Waals surface area contributed by atoms with Crippen molar-refractivity contribution in [3.8, 4) is 0 Å². The van der Waals surface area contributed by atoms with Gasteiger partial charge in [-0.25, -0.2) is 9.18 Å². The summed E-state index contributed by atoms with van der Waals surface area (Å²) in [6.07, 6.45) is 2.96. The number of carbonyl (C=O) groups excluding carboxylic acids is 2. The van der Waals surface area contributed by atoms with Gasteiger partial charge in [0.1, 0.15) is 5.82 Å². The highest BCUT2D eigenvalue weighted by Gasteiger charge is 2.15. The molecule has 3 rings (SSSR count). The Kier molecular flexibility index (Phi) is 5.96. The molecule has 2 aromatic carbocycles. The average molecular weight is 379 g/mol. The third kappa shape index (κ3) is 4.70. The number of para-hydroxylation sites is 1. The van der Waals surface area contributed by atoms with Crippen molar-refractivity contribution in [2.45, 2.75) is 6.92 Å². The molecular formula is C21H18FN3O3. The lowest BCUT2D eigenvalue weighted by Crippen LogP contribution is -2.16. The van der Waals surface area contributed by atoms with Crippen molar-refractivity contribution >= 4 is 28.9 Å². The number of esters is 1. The Morgan fingerprint density at radius 1 is 1.04 bits per heavy atom. The summed E-state index contributed by atoms with van der Waals surface area (Å²) in [7, 11) is 0. The number of rotatable bonds is 6. The SMILES string of the molecule is CCOC(=O)c1ccccc1NC(=O)c1cncc(Nc2ccc(F)cc2)c1. The molecule has 0 aliphatic carbocycles. The number of hydrogen-bond donors (Lipinski definition) is 2. The smallest absolute Gasteiger partial charge is 0.340 e. The zero-order chi connectivity index (χ0) is 19.9. The lowest BCUT2D eigenvalue weighted by molar-refractivity contribution is 0.0527. The van der Waals surface area contributed by atoms with E-state index in [2.05, 4.69) is 15.6 Å². The van der Waals surface area contributed by atoms with E-state index < -0.39 is 11.9 Å². The minimum Gasteiger partial charge on any atom is -0.462 e. The number of carbonyl (C=O) groups is 2. The van der Waals surface area contributed by atoms with Crippen LogP contribution in [0.15, 0.2) is 67.0 Å². The number of anilines is 3. The molecule has 7 heteroatoms. The maximum atomic E-state index is 13.0. The molecule has 28 heavy (non-hydrogen) atoms. The number of aromatic nitrogens is 1. The van der Waals surface area contributed by atoms with Crippen molar-refractivity contribution in [1.82, 2.24) is 4.98 Å². The maximum Gasteiger partial charge on any atom is 0.340 e. The predicted octanol–water partition coefficient (Wildman–Crippen LogP) is 4.39. The minimum absolute atomic E-state index is 0.238. The lowest BCUT2D eigenvalue weighted by Gasteiger charge is -2.11. The van der Waals surface area contributed by atoms with Gasteiger partial charge in [0.2, 0.25) is 0 Å². The Morgan fingerprint density at radius 3 is 2.54 bits per heavy atom. The molecule has 0 aliphatic rings. The second-order valence-electron chi connectivity index (χ2n) is 5.81. The summed E-state index contributed by atoms with van der Waals surface area (Å²) in [6.45, 7) is 1.95. The Balaban J connectivity index is 1.77. The zero-order valence-electron chi connectivity index (χ0n) is 15.1. The first kappa shape index (κ1) is 19.0. The fourth-order valence-corrected chi connectivity index (χ4v) is 2.51. The molecular weight excluding hydrogens is 361 g/mol. The number of pyridine rings is 1. The highest BCUT2D eigenvalue weighted by molar-refractivity contribution is 6.08. The van der Waals surface area contributed by atoms with Crippen LogP contribution < -0.4 is 10.6 Å². The second-order valence-corrected chi connectivity index (χ2v) is 5.81. The van der Waals surface area contributed by atoms with E-state index in [4.69, 9.17) is 4.74 Å². The Morgan fingerprint density at radius 2 is 1.79 bits per heavy atom. The molecule has 0 bridgehead atoms. The second kappa shape index (κ2) is 8.77. The van der Waals surface area contributed by atoms with Gasteiger partial charge in [0.05, 0.1) is 35.3 Å². The van der Waals surface area contributed by atoms with Gasteiger partial charge in [-0.15, -0.1) is 0 Å². The molecule has 0 saturated heterocycles. The summed E-state index contributed by atoms with van der Waals surface area (Å²) < 4.78 is 18.0. The average Bonchev–Trinajstić information content (AvgIpc) is 2.70. The first-order valence-electron chi connectivity index (χ1n) is 8.62. The van der Waals surface area contributed by atoms with E-state index >= 15 is 0 Å². The molecule has 142 valence electrons. The molecule has 0 saturated carbocycles. The van der Waals surface area contributed by atoms with E-state index in [1.807, 2.05) is 0 Å². The third-order valence-corrected chi connectivity index (χ3v) is 3.80. The highest BCUT2D eigenvalue weighted by atomic mass is 19.1. The molecule has 3 aromatic rings. The topological polar surface area (TPSA) is 80.3 Å². The Labute approximate surface area is 161 Å². The Bertz CT molecular complexity index is 990. The van der Waals surface area contributed by atoms with Crippen LogP contribution in [0.25, 0.3) is 0 Å². The van der Waals surface area contributed by atoms with E-state index in [1.165, 1.54) is 18.3 Å². The number of nitrogens with zero attached hydrogens (tertiary/aromatic N) is 1. The van der Waals surface area contributed by atoms with E-state index in [9.17, 15) is 14.0 Å². The molecule has 1 amide bonds. The van der Waals surface area contributed by atoms with Gasteiger partial charge in [-0.05, 0) is 49.4 Å². The molecule has 1 aromatic heterocycles. The van der Waals surface area contributed by atoms with Crippen molar-refractivity contribution < 1.29 is 18.7 Å². The summed E-state index contributed by atoms with van der Waals surface area (Å²) in [5.41, 5.74) is 2.14. The molecule has 0 unspecified atom stereocenters.